The average Bonchev–Trinajstić information content (AvgIpc) is 2.78. The molecular weight excluding hydrogens is 390 g/mol. The second-order valence-electron chi connectivity index (χ2n) is 8.54. The summed E-state index contributed by atoms with van der Waals surface area (Å²) in [7, 11) is 1.61. The lowest BCUT2D eigenvalue weighted by atomic mass is 9.86. The van der Waals surface area contributed by atoms with Gasteiger partial charge in [-0.2, -0.15) is 0 Å². The second-order valence-corrected chi connectivity index (χ2v) is 8.54. The number of likely N-dealkylation sites (tertiary alicyclic amines) is 1. The summed E-state index contributed by atoms with van der Waals surface area (Å²) in [6.45, 7) is 7.81. The Morgan fingerprint density at radius 2 is 2.03 bits per heavy atom. The molecule has 31 heavy (non-hydrogen) atoms. The van der Waals surface area contributed by atoms with E-state index in [9.17, 15) is 9.59 Å². The zero-order valence-corrected chi connectivity index (χ0v) is 18.5. The number of rotatable bonds is 4. The lowest BCUT2D eigenvalue weighted by Crippen LogP contribution is -2.39. The van der Waals surface area contributed by atoms with Crippen LogP contribution in [0.4, 0.5) is 0 Å². The SMILES string of the molecule is CNC(=O)c1ccc(C2CCN(Cc3cnc4c(C)c(C)c(=O)[nH]c4c3)C(C)C2)cn1. The largest absolute Gasteiger partial charge is 0.354 e. The summed E-state index contributed by atoms with van der Waals surface area (Å²) < 4.78 is 0. The van der Waals surface area contributed by atoms with E-state index in [2.05, 4.69) is 38.2 Å². The monoisotopic (exact) mass is 419 g/mol. The van der Waals surface area contributed by atoms with Crippen LogP contribution in [0.15, 0.2) is 35.4 Å². The number of fused-ring (bicyclic) bond motifs is 1. The highest BCUT2D eigenvalue weighted by Crippen LogP contribution is 2.32. The number of carbonyl (C=O) groups is 1. The minimum Gasteiger partial charge on any atom is -0.354 e. The van der Waals surface area contributed by atoms with Gasteiger partial charge in [-0.1, -0.05) is 6.07 Å². The zero-order valence-electron chi connectivity index (χ0n) is 18.5. The number of H-pyrrole nitrogens is 1. The van der Waals surface area contributed by atoms with Crippen LogP contribution in [0, 0.1) is 13.8 Å². The molecule has 2 unspecified atom stereocenters. The quantitative estimate of drug-likeness (QED) is 0.678. The molecule has 3 aromatic heterocycles. The first-order valence-corrected chi connectivity index (χ1v) is 10.8. The van der Waals surface area contributed by atoms with Crippen molar-refractivity contribution in [2.45, 2.75) is 52.1 Å². The number of nitrogens with zero attached hydrogens (tertiary/aromatic N) is 3. The van der Waals surface area contributed by atoms with Crippen molar-refractivity contribution in [3.05, 3.63) is 68.9 Å². The molecule has 0 bridgehead atoms. The van der Waals surface area contributed by atoms with Crippen LogP contribution in [-0.2, 0) is 6.54 Å². The molecule has 4 rings (SSSR count). The standard InChI is InChI=1S/C24H29N5O2/c1-14-9-18(19-5-6-20(26-12-19)24(31)25-4)7-8-29(14)13-17-10-21-22(27-11-17)15(2)16(3)23(30)28-21/h5-6,10-12,14,18H,7-9,13H2,1-4H3,(H,25,31)(H,28,30). The Labute approximate surface area is 181 Å². The third kappa shape index (κ3) is 4.23. The maximum Gasteiger partial charge on any atom is 0.269 e. The molecule has 0 aromatic carbocycles. The summed E-state index contributed by atoms with van der Waals surface area (Å²) >= 11 is 0. The molecule has 4 heterocycles. The second kappa shape index (κ2) is 8.59. The average molecular weight is 420 g/mol. The third-order valence-electron chi connectivity index (χ3n) is 6.57. The minimum atomic E-state index is -0.162. The molecule has 0 saturated carbocycles. The molecule has 1 saturated heterocycles. The molecule has 1 aliphatic heterocycles. The van der Waals surface area contributed by atoms with E-state index in [0.29, 0.717) is 17.7 Å². The highest BCUT2D eigenvalue weighted by Gasteiger charge is 2.27. The van der Waals surface area contributed by atoms with Crippen molar-refractivity contribution < 1.29 is 4.79 Å². The maximum absolute atomic E-state index is 12.1. The van der Waals surface area contributed by atoms with Crippen LogP contribution in [0.2, 0.25) is 0 Å². The molecule has 1 aliphatic rings. The summed E-state index contributed by atoms with van der Waals surface area (Å²) in [6.07, 6.45) is 5.84. The molecule has 0 spiro atoms. The van der Waals surface area contributed by atoms with Gasteiger partial charge in [-0.05, 0) is 74.9 Å². The molecular formula is C24H29N5O2. The van der Waals surface area contributed by atoms with Crippen molar-refractivity contribution in [2.75, 3.05) is 13.6 Å². The fraction of sp³-hybridized carbons (Fsp3) is 0.417. The Balaban J connectivity index is 1.45. The van der Waals surface area contributed by atoms with Gasteiger partial charge in [-0.15, -0.1) is 0 Å². The van der Waals surface area contributed by atoms with Crippen molar-refractivity contribution in [1.82, 2.24) is 25.2 Å². The van der Waals surface area contributed by atoms with Gasteiger partial charge in [0, 0.05) is 37.6 Å². The van der Waals surface area contributed by atoms with Crippen LogP contribution in [0.25, 0.3) is 11.0 Å². The van der Waals surface area contributed by atoms with E-state index >= 15 is 0 Å². The highest BCUT2D eigenvalue weighted by atomic mass is 16.1. The number of piperidine rings is 1. The molecule has 7 nitrogen and oxygen atoms in total. The van der Waals surface area contributed by atoms with Gasteiger partial charge in [0.1, 0.15) is 5.69 Å². The minimum absolute atomic E-state index is 0.0471. The summed E-state index contributed by atoms with van der Waals surface area (Å²) in [5.74, 6) is 0.277. The number of amides is 1. The van der Waals surface area contributed by atoms with Crippen LogP contribution < -0.4 is 10.9 Å². The van der Waals surface area contributed by atoms with E-state index in [4.69, 9.17) is 0 Å². The van der Waals surface area contributed by atoms with Gasteiger partial charge in [0.05, 0.1) is 11.0 Å². The third-order valence-corrected chi connectivity index (χ3v) is 6.57. The van der Waals surface area contributed by atoms with Gasteiger partial charge < -0.3 is 10.3 Å². The van der Waals surface area contributed by atoms with E-state index in [0.717, 1.165) is 53.7 Å². The predicted molar refractivity (Wildman–Crippen MR) is 121 cm³/mol. The Morgan fingerprint density at radius 1 is 1.23 bits per heavy atom. The lowest BCUT2D eigenvalue weighted by Gasteiger charge is -2.37. The van der Waals surface area contributed by atoms with Crippen molar-refractivity contribution >= 4 is 16.9 Å². The first-order chi connectivity index (χ1) is 14.9. The molecule has 2 N–H and O–H groups in total. The van der Waals surface area contributed by atoms with Crippen LogP contribution in [-0.4, -0.2) is 45.4 Å². The van der Waals surface area contributed by atoms with Gasteiger partial charge in [0.15, 0.2) is 0 Å². The van der Waals surface area contributed by atoms with Crippen molar-refractivity contribution in [1.29, 1.82) is 0 Å². The smallest absolute Gasteiger partial charge is 0.269 e. The van der Waals surface area contributed by atoms with Crippen LogP contribution in [0.3, 0.4) is 0 Å². The number of carbonyl (C=O) groups excluding carboxylic acids is 1. The zero-order chi connectivity index (χ0) is 22.1. The molecule has 2 atom stereocenters. The van der Waals surface area contributed by atoms with Crippen molar-refractivity contribution in [3.8, 4) is 0 Å². The van der Waals surface area contributed by atoms with Crippen LogP contribution in [0.5, 0.6) is 0 Å². The van der Waals surface area contributed by atoms with Crippen LogP contribution >= 0.6 is 0 Å². The van der Waals surface area contributed by atoms with Crippen LogP contribution in [0.1, 0.15) is 58.4 Å². The molecule has 3 aromatic rings. The number of pyridine rings is 3. The fourth-order valence-electron chi connectivity index (χ4n) is 4.45. The van der Waals surface area contributed by atoms with Gasteiger partial charge in [-0.3, -0.25) is 24.5 Å². The highest BCUT2D eigenvalue weighted by molar-refractivity contribution is 5.91. The van der Waals surface area contributed by atoms with Gasteiger partial charge in [-0.25, -0.2) is 0 Å². The number of nitrogens with one attached hydrogen (secondary N) is 2. The molecule has 1 amide bonds. The Bertz CT molecular complexity index is 1170. The first kappa shape index (κ1) is 21.2. The van der Waals surface area contributed by atoms with E-state index in [1.807, 2.05) is 32.3 Å². The number of hydrogen-bond donors (Lipinski definition) is 2. The van der Waals surface area contributed by atoms with Gasteiger partial charge in [0.25, 0.3) is 11.5 Å². The van der Waals surface area contributed by atoms with E-state index in [1.54, 1.807) is 13.1 Å². The van der Waals surface area contributed by atoms with Crippen molar-refractivity contribution in [2.24, 2.45) is 0 Å². The number of aromatic nitrogens is 3. The first-order valence-electron chi connectivity index (χ1n) is 10.8. The Kier molecular flexibility index (Phi) is 5.87. The van der Waals surface area contributed by atoms with E-state index in [1.165, 1.54) is 5.56 Å². The summed E-state index contributed by atoms with van der Waals surface area (Å²) in [4.78, 5) is 38.2. The molecule has 1 fully saturated rings. The maximum atomic E-state index is 12.1. The normalized spacial score (nSPS) is 19.5. The van der Waals surface area contributed by atoms with E-state index in [-0.39, 0.29) is 11.5 Å². The molecule has 7 heteroatoms. The number of aryl methyl sites for hydroxylation is 1. The van der Waals surface area contributed by atoms with Crippen molar-refractivity contribution in [3.63, 3.8) is 0 Å². The Hall–Kier alpha value is -3.06. The summed E-state index contributed by atoms with van der Waals surface area (Å²) in [5, 5.41) is 2.60. The molecule has 0 aliphatic carbocycles. The lowest BCUT2D eigenvalue weighted by molar-refractivity contribution is 0.0958. The predicted octanol–water partition coefficient (Wildman–Crippen LogP) is 3.06. The summed E-state index contributed by atoms with van der Waals surface area (Å²) in [6, 6.07) is 6.29. The topological polar surface area (TPSA) is 91.0 Å². The van der Waals surface area contributed by atoms with Gasteiger partial charge >= 0.3 is 0 Å². The Morgan fingerprint density at radius 3 is 2.71 bits per heavy atom. The van der Waals surface area contributed by atoms with E-state index < -0.39 is 0 Å². The fourth-order valence-corrected chi connectivity index (χ4v) is 4.45. The molecule has 162 valence electrons. The van der Waals surface area contributed by atoms with Gasteiger partial charge in [0.2, 0.25) is 0 Å². The molecule has 0 radical (unpaired) electrons. The summed E-state index contributed by atoms with van der Waals surface area (Å²) in [5.41, 5.74) is 6.02. The number of aromatic amines is 1. The number of hydrogen-bond acceptors (Lipinski definition) is 5.